The fourth-order valence-corrected chi connectivity index (χ4v) is 2.77. The summed E-state index contributed by atoms with van der Waals surface area (Å²) in [5.74, 6) is 0. The highest BCUT2D eigenvalue weighted by molar-refractivity contribution is 5.26. The molecule has 1 atom stereocenters. The van der Waals surface area contributed by atoms with E-state index in [4.69, 9.17) is 0 Å². The standard InChI is InChI=1S/C15H24N2/c1-4-17-12(2)10-14(13(17)3)11-16-15-8-6-5-7-9-15/h5-6,10,15-16H,4,7-9,11H2,1-3H3. The zero-order valence-electron chi connectivity index (χ0n) is 11.3. The summed E-state index contributed by atoms with van der Waals surface area (Å²) < 4.78 is 2.39. The molecule has 0 radical (unpaired) electrons. The van der Waals surface area contributed by atoms with Gasteiger partial charge in [-0.2, -0.15) is 0 Å². The van der Waals surface area contributed by atoms with Crippen LogP contribution in [0, 0.1) is 13.8 Å². The van der Waals surface area contributed by atoms with Gasteiger partial charge in [0.1, 0.15) is 0 Å². The van der Waals surface area contributed by atoms with Crippen LogP contribution in [0.4, 0.5) is 0 Å². The van der Waals surface area contributed by atoms with Crippen molar-refractivity contribution in [2.75, 3.05) is 0 Å². The topological polar surface area (TPSA) is 17.0 Å². The van der Waals surface area contributed by atoms with E-state index in [2.05, 4.69) is 48.9 Å². The predicted octanol–water partition coefficient (Wildman–Crippen LogP) is 3.32. The van der Waals surface area contributed by atoms with E-state index in [1.807, 2.05) is 0 Å². The van der Waals surface area contributed by atoms with Crippen molar-refractivity contribution in [2.24, 2.45) is 0 Å². The van der Waals surface area contributed by atoms with Crippen molar-refractivity contribution < 1.29 is 0 Å². The number of hydrogen-bond donors (Lipinski definition) is 1. The molecule has 0 spiro atoms. The van der Waals surface area contributed by atoms with Crippen molar-refractivity contribution in [3.63, 3.8) is 0 Å². The van der Waals surface area contributed by atoms with E-state index in [-0.39, 0.29) is 0 Å². The summed E-state index contributed by atoms with van der Waals surface area (Å²) in [6.07, 6.45) is 8.29. The maximum atomic E-state index is 3.68. The van der Waals surface area contributed by atoms with Gasteiger partial charge in [0.2, 0.25) is 0 Å². The largest absolute Gasteiger partial charge is 0.349 e. The Bertz CT molecular complexity index is 401. The van der Waals surface area contributed by atoms with Crippen LogP contribution in [0.5, 0.6) is 0 Å². The monoisotopic (exact) mass is 232 g/mol. The second-order valence-electron chi connectivity index (χ2n) is 5.00. The van der Waals surface area contributed by atoms with Gasteiger partial charge in [-0.15, -0.1) is 0 Å². The van der Waals surface area contributed by atoms with E-state index in [1.165, 1.54) is 36.2 Å². The molecule has 94 valence electrons. The Morgan fingerprint density at radius 3 is 2.76 bits per heavy atom. The van der Waals surface area contributed by atoms with Crippen molar-refractivity contribution in [1.82, 2.24) is 9.88 Å². The molecule has 1 aromatic rings. The predicted molar refractivity (Wildman–Crippen MR) is 73.2 cm³/mol. The lowest BCUT2D eigenvalue weighted by molar-refractivity contribution is 0.473. The first-order chi connectivity index (χ1) is 8.22. The van der Waals surface area contributed by atoms with Gasteiger partial charge in [-0.3, -0.25) is 0 Å². The molecule has 2 heteroatoms. The molecule has 0 saturated carbocycles. The molecule has 1 heterocycles. The van der Waals surface area contributed by atoms with E-state index in [9.17, 15) is 0 Å². The lowest BCUT2D eigenvalue weighted by atomic mass is 10.0. The molecule has 1 N–H and O–H groups in total. The van der Waals surface area contributed by atoms with Crippen molar-refractivity contribution in [3.05, 3.63) is 35.2 Å². The van der Waals surface area contributed by atoms with E-state index >= 15 is 0 Å². The zero-order valence-corrected chi connectivity index (χ0v) is 11.3. The lowest BCUT2D eigenvalue weighted by Gasteiger charge is -2.19. The van der Waals surface area contributed by atoms with Crippen LogP contribution < -0.4 is 5.32 Å². The maximum Gasteiger partial charge on any atom is 0.0226 e. The average Bonchev–Trinajstić information content (AvgIpc) is 2.63. The smallest absolute Gasteiger partial charge is 0.0226 e. The van der Waals surface area contributed by atoms with Crippen LogP contribution in [0.25, 0.3) is 0 Å². The maximum absolute atomic E-state index is 3.68. The molecule has 17 heavy (non-hydrogen) atoms. The Labute approximate surface area is 105 Å². The highest BCUT2D eigenvalue weighted by atomic mass is 15.0. The summed E-state index contributed by atoms with van der Waals surface area (Å²) >= 11 is 0. The van der Waals surface area contributed by atoms with Crippen LogP contribution in [0.1, 0.15) is 43.1 Å². The molecule has 2 rings (SSSR count). The Balaban J connectivity index is 1.96. The third-order valence-corrected chi connectivity index (χ3v) is 3.84. The Hall–Kier alpha value is -1.02. The Morgan fingerprint density at radius 1 is 1.35 bits per heavy atom. The molecule has 1 unspecified atom stereocenters. The SMILES string of the molecule is CCn1c(C)cc(CNC2CC=CCC2)c1C. The molecule has 0 aliphatic heterocycles. The summed E-state index contributed by atoms with van der Waals surface area (Å²) in [5, 5.41) is 3.68. The minimum absolute atomic E-state index is 0.671. The van der Waals surface area contributed by atoms with Gasteiger partial charge in [-0.05, 0) is 51.7 Å². The minimum Gasteiger partial charge on any atom is -0.349 e. The highest BCUT2D eigenvalue weighted by Crippen LogP contribution is 2.16. The number of rotatable bonds is 4. The lowest BCUT2D eigenvalue weighted by Crippen LogP contribution is -2.29. The van der Waals surface area contributed by atoms with Crippen molar-refractivity contribution >= 4 is 0 Å². The van der Waals surface area contributed by atoms with Gasteiger partial charge >= 0.3 is 0 Å². The second-order valence-corrected chi connectivity index (χ2v) is 5.00. The van der Waals surface area contributed by atoms with Crippen LogP contribution in [-0.4, -0.2) is 10.6 Å². The molecule has 0 bridgehead atoms. The minimum atomic E-state index is 0.671. The van der Waals surface area contributed by atoms with Crippen molar-refractivity contribution in [2.45, 2.75) is 59.2 Å². The fraction of sp³-hybridized carbons (Fsp3) is 0.600. The van der Waals surface area contributed by atoms with Crippen LogP contribution in [0.2, 0.25) is 0 Å². The number of nitrogens with one attached hydrogen (secondary N) is 1. The molecule has 2 nitrogen and oxygen atoms in total. The Morgan fingerprint density at radius 2 is 2.18 bits per heavy atom. The summed E-state index contributed by atoms with van der Waals surface area (Å²) in [4.78, 5) is 0. The van der Waals surface area contributed by atoms with E-state index in [0.717, 1.165) is 13.1 Å². The third kappa shape index (κ3) is 2.81. The summed E-state index contributed by atoms with van der Waals surface area (Å²) in [6.45, 7) is 8.72. The number of aromatic nitrogens is 1. The van der Waals surface area contributed by atoms with Gasteiger partial charge < -0.3 is 9.88 Å². The number of nitrogens with zero attached hydrogens (tertiary/aromatic N) is 1. The molecule has 1 aliphatic carbocycles. The second kappa shape index (κ2) is 5.54. The van der Waals surface area contributed by atoms with E-state index in [1.54, 1.807) is 0 Å². The van der Waals surface area contributed by atoms with Gasteiger partial charge in [-0.25, -0.2) is 0 Å². The first-order valence-electron chi connectivity index (χ1n) is 6.76. The van der Waals surface area contributed by atoms with E-state index < -0.39 is 0 Å². The summed E-state index contributed by atoms with van der Waals surface area (Å²) in [6, 6.07) is 2.99. The molecule has 0 saturated heterocycles. The van der Waals surface area contributed by atoms with Crippen LogP contribution in [0.15, 0.2) is 18.2 Å². The molecule has 0 amide bonds. The normalized spacial score (nSPS) is 19.8. The highest BCUT2D eigenvalue weighted by Gasteiger charge is 2.11. The van der Waals surface area contributed by atoms with Crippen LogP contribution >= 0.6 is 0 Å². The first-order valence-corrected chi connectivity index (χ1v) is 6.76. The molecule has 0 aromatic carbocycles. The number of aryl methyl sites for hydroxylation is 1. The molecule has 1 aromatic heterocycles. The first kappa shape index (κ1) is 12.4. The summed E-state index contributed by atoms with van der Waals surface area (Å²) in [7, 11) is 0. The Kier molecular flexibility index (Phi) is 4.06. The van der Waals surface area contributed by atoms with Gasteiger partial charge in [0, 0.05) is 30.5 Å². The van der Waals surface area contributed by atoms with E-state index in [0.29, 0.717) is 6.04 Å². The van der Waals surface area contributed by atoms with Gasteiger partial charge in [0.25, 0.3) is 0 Å². The van der Waals surface area contributed by atoms with Gasteiger partial charge in [-0.1, -0.05) is 12.2 Å². The zero-order chi connectivity index (χ0) is 12.3. The van der Waals surface area contributed by atoms with Gasteiger partial charge in [0.15, 0.2) is 0 Å². The fourth-order valence-electron chi connectivity index (χ4n) is 2.77. The van der Waals surface area contributed by atoms with Crippen LogP contribution in [-0.2, 0) is 13.1 Å². The number of allylic oxidation sites excluding steroid dienone is 1. The average molecular weight is 232 g/mol. The number of hydrogen-bond acceptors (Lipinski definition) is 1. The molecular formula is C15H24N2. The quantitative estimate of drug-likeness (QED) is 0.788. The van der Waals surface area contributed by atoms with Crippen molar-refractivity contribution in [1.29, 1.82) is 0 Å². The molecule has 0 fully saturated rings. The van der Waals surface area contributed by atoms with Crippen molar-refractivity contribution in [3.8, 4) is 0 Å². The molecular weight excluding hydrogens is 208 g/mol. The summed E-state index contributed by atoms with van der Waals surface area (Å²) in [5.41, 5.74) is 4.26. The van der Waals surface area contributed by atoms with Crippen LogP contribution in [0.3, 0.4) is 0 Å². The third-order valence-electron chi connectivity index (χ3n) is 3.84. The molecule has 1 aliphatic rings. The van der Waals surface area contributed by atoms with Gasteiger partial charge in [0.05, 0.1) is 0 Å².